The van der Waals surface area contributed by atoms with E-state index in [-0.39, 0.29) is 34.7 Å². The van der Waals surface area contributed by atoms with Crippen LogP contribution in [-0.2, 0) is 11.2 Å². The van der Waals surface area contributed by atoms with Gasteiger partial charge in [-0.3, -0.25) is 20.1 Å². The zero-order valence-electron chi connectivity index (χ0n) is 25.7. The molecule has 236 valence electrons. The van der Waals surface area contributed by atoms with Crippen molar-refractivity contribution in [2.24, 2.45) is 15.7 Å². The van der Waals surface area contributed by atoms with E-state index in [1.807, 2.05) is 39.0 Å². The van der Waals surface area contributed by atoms with Crippen molar-refractivity contribution in [3.8, 4) is 5.75 Å². The number of fused-ring (bicyclic) bond motifs is 1. The monoisotopic (exact) mass is 624 g/mol. The Morgan fingerprint density at radius 1 is 0.955 bits per heavy atom. The number of rotatable bonds is 13. The maximum Gasteiger partial charge on any atom is 0.413 e. The summed E-state index contributed by atoms with van der Waals surface area (Å²) in [6.45, 7) is 8.63. The third-order valence-corrected chi connectivity index (χ3v) is 6.52. The molecule has 1 aromatic heterocycles. The molecule has 3 aromatic rings. The Labute approximate surface area is 262 Å². The first-order valence-corrected chi connectivity index (χ1v) is 14.8. The number of nitrogen functional groups attached to an aromatic ring is 2. The number of aliphatic imine (C=N–C) groups is 2. The number of alkyl carbamates (subject to hydrolysis) is 1. The van der Waals surface area contributed by atoms with E-state index < -0.39 is 17.5 Å². The number of Topliss-reactive ketones (excluding diaryl/α,β-unsaturated/α-hetero) is 1. The van der Waals surface area contributed by atoms with Crippen LogP contribution in [0.5, 0.6) is 5.75 Å². The van der Waals surface area contributed by atoms with Gasteiger partial charge in [0.15, 0.2) is 28.3 Å². The van der Waals surface area contributed by atoms with Crippen molar-refractivity contribution >= 4 is 57.6 Å². The molecule has 0 aliphatic rings. The van der Waals surface area contributed by atoms with Crippen LogP contribution in [0.4, 0.5) is 16.4 Å². The van der Waals surface area contributed by atoms with Crippen molar-refractivity contribution in [1.29, 1.82) is 0 Å². The molecule has 7 N–H and O–H groups in total. The molecule has 2 aromatic carbocycles. The number of nitrogens with zero attached hydrogens (tertiary/aromatic N) is 4. The third-order valence-electron chi connectivity index (χ3n) is 6.24. The Morgan fingerprint density at radius 2 is 1.66 bits per heavy atom. The fraction of sp³-hybridized carbons (Fsp3) is 0.419. The van der Waals surface area contributed by atoms with Gasteiger partial charge in [0.25, 0.3) is 0 Å². The average molecular weight is 625 g/mol. The summed E-state index contributed by atoms with van der Waals surface area (Å²) in [4.78, 5) is 40.8. The van der Waals surface area contributed by atoms with Crippen molar-refractivity contribution in [3.63, 3.8) is 0 Å². The van der Waals surface area contributed by atoms with E-state index in [2.05, 4.69) is 43.5 Å². The molecule has 12 nitrogen and oxygen atoms in total. The van der Waals surface area contributed by atoms with Gasteiger partial charge in [0, 0.05) is 24.9 Å². The van der Waals surface area contributed by atoms with E-state index in [1.54, 1.807) is 6.92 Å². The first kappa shape index (κ1) is 34.0. The van der Waals surface area contributed by atoms with Crippen molar-refractivity contribution in [2.75, 3.05) is 31.2 Å². The summed E-state index contributed by atoms with van der Waals surface area (Å²) in [6.07, 6.45) is 2.56. The Bertz CT molecular complexity index is 1540. The lowest BCUT2D eigenvalue weighted by Gasteiger charge is -2.19. The fourth-order valence-corrected chi connectivity index (χ4v) is 4.39. The van der Waals surface area contributed by atoms with E-state index in [4.69, 9.17) is 38.3 Å². The Balaban J connectivity index is 1.46. The van der Waals surface area contributed by atoms with Crippen LogP contribution in [-0.4, -0.2) is 58.8 Å². The van der Waals surface area contributed by atoms with Crippen molar-refractivity contribution < 1.29 is 19.1 Å². The normalized spacial score (nSPS) is 12.3. The molecule has 0 fully saturated rings. The quantitative estimate of drug-likeness (QED) is 0.0864. The molecular formula is C31H41ClN8O4. The maximum absolute atomic E-state index is 12.5. The molecule has 0 saturated carbocycles. The van der Waals surface area contributed by atoms with Crippen LogP contribution >= 0.6 is 11.6 Å². The number of carbonyl (C=O) groups excluding carboxylic acids is 2. The molecule has 0 spiro atoms. The Hall–Kier alpha value is -4.45. The van der Waals surface area contributed by atoms with Crippen LogP contribution < -0.4 is 27.3 Å². The molecule has 0 atom stereocenters. The number of ether oxygens (including phenoxy) is 2. The molecule has 44 heavy (non-hydrogen) atoms. The summed E-state index contributed by atoms with van der Waals surface area (Å²) >= 11 is 5.86. The van der Waals surface area contributed by atoms with Gasteiger partial charge in [0.1, 0.15) is 23.0 Å². The second-order valence-electron chi connectivity index (χ2n) is 11.1. The lowest BCUT2D eigenvalue weighted by atomic mass is 9.99. The second kappa shape index (κ2) is 15.9. The van der Waals surface area contributed by atoms with E-state index in [0.29, 0.717) is 32.0 Å². The molecule has 1 heterocycles. The first-order valence-electron chi connectivity index (χ1n) is 14.4. The molecule has 0 saturated heterocycles. The lowest BCUT2D eigenvalue weighted by Crippen LogP contribution is -2.35. The van der Waals surface area contributed by atoms with Crippen LogP contribution in [0.2, 0.25) is 5.15 Å². The SMILES string of the molecule is CC(=NCCCOc1ccc(CCCCN=C(N)CC(=O)c2nc(Cl)c(N)nc2N)c2ccccc12)NC(=O)OC(C)(C)C. The number of aryl methyl sites for hydroxylation is 1. The minimum absolute atomic E-state index is 0.0410. The standard InChI is InChI=1S/C31H41ClN8O4/c1-19(38-30(42)44-31(2,3)4)36-16-9-17-43-24-14-13-20(21-11-5-6-12-22(21)24)10-7-8-15-37-25(33)18-23(41)26-28(34)40-29(35)27(32)39-26/h5-6,11-14H,7-10,15-18H2,1-4H3,(H2,33,37)(H4,34,35,40)(H,36,38,42). The summed E-state index contributed by atoms with van der Waals surface area (Å²) in [5.41, 5.74) is 17.8. The molecule has 0 aliphatic heterocycles. The van der Waals surface area contributed by atoms with Gasteiger partial charge in [-0.15, -0.1) is 0 Å². The summed E-state index contributed by atoms with van der Waals surface area (Å²) in [5.74, 6) is 0.940. The fourth-order valence-electron chi connectivity index (χ4n) is 4.26. The van der Waals surface area contributed by atoms with Gasteiger partial charge in [-0.2, -0.15) is 0 Å². The third kappa shape index (κ3) is 10.7. The zero-order chi connectivity index (χ0) is 32.3. The maximum atomic E-state index is 12.5. The van der Waals surface area contributed by atoms with Gasteiger partial charge in [0.2, 0.25) is 0 Å². The number of nitrogens with two attached hydrogens (primary N) is 3. The van der Waals surface area contributed by atoms with Crippen molar-refractivity contribution in [1.82, 2.24) is 15.3 Å². The van der Waals surface area contributed by atoms with Crippen LogP contribution in [0.1, 0.15) is 69.4 Å². The number of nitrogens with one attached hydrogen (secondary N) is 1. The molecule has 0 unspecified atom stereocenters. The molecule has 0 radical (unpaired) electrons. The number of carbonyl (C=O) groups is 2. The van der Waals surface area contributed by atoms with E-state index in [9.17, 15) is 9.59 Å². The molecular weight excluding hydrogens is 584 g/mol. The van der Waals surface area contributed by atoms with Crippen molar-refractivity contribution in [2.45, 2.75) is 65.4 Å². The smallest absolute Gasteiger partial charge is 0.413 e. The van der Waals surface area contributed by atoms with Crippen LogP contribution in [0.25, 0.3) is 10.8 Å². The number of ketones is 1. The first-order chi connectivity index (χ1) is 20.8. The van der Waals surface area contributed by atoms with Gasteiger partial charge in [0.05, 0.1) is 13.0 Å². The molecule has 1 amide bonds. The number of aromatic nitrogens is 2. The summed E-state index contributed by atoms with van der Waals surface area (Å²) in [7, 11) is 0. The number of anilines is 2. The topological polar surface area (TPSA) is 193 Å². The number of halogens is 1. The average Bonchev–Trinajstić information content (AvgIpc) is 2.94. The van der Waals surface area contributed by atoms with E-state index >= 15 is 0 Å². The molecule has 0 aliphatic carbocycles. The predicted octanol–water partition coefficient (Wildman–Crippen LogP) is 5.11. The van der Waals surface area contributed by atoms with Gasteiger partial charge in [-0.05, 0) is 64.0 Å². The number of unbranched alkanes of at least 4 members (excludes halogenated alkanes) is 1. The van der Waals surface area contributed by atoms with E-state index in [1.165, 1.54) is 5.56 Å². The number of amidine groups is 2. The summed E-state index contributed by atoms with van der Waals surface area (Å²) in [6, 6.07) is 12.2. The highest BCUT2D eigenvalue weighted by Gasteiger charge is 2.18. The predicted molar refractivity (Wildman–Crippen MR) is 176 cm³/mol. The molecule has 13 heteroatoms. The number of hydrogen-bond donors (Lipinski definition) is 4. The van der Waals surface area contributed by atoms with Crippen molar-refractivity contribution in [3.05, 3.63) is 52.8 Å². The van der Waals surface area contributed by atoms with Crippen LogP contribution in [0.3, 0.4) is 0 Å². The Morgan fingerprint density at radius 3 is 2.39 bits per heavy atom. The molecule has 3 rings (SSSR count). The number of amides is 1. The van der Waals surface area contributed by atoms with Crippen LogP contribution in [0.15, 0.2) is 46.4 Å². The Kier molecular flexibility index (Phi) is 12.3. The highest BCUT2D eigenvalue weighted by Crippen LogP contribution is 2.29. The minimum atomic E-state index is -0.565. The second-order valence-corrected chi connectivity index (χ2v) is 11.5. The minimum Gasteiger partial charge on any atom is -0.493 e. The van der Waals surface area contributed by atoms with E-state index in [0.717, 1.165) is 35.8 Å². The van der Waals surface area contributed by atoms with Gasteiger partial charge in [-0.1, -0.05) is 41.9 Å². The zero-order valence-corrected chi connectivity index (χ0v) is 26.4. The summed E-state index contributed by atoms with van der Waals surface area (Å²) < 4.78 is 11.3. The lowest BCUT2D eigenvalue weighted by molar-refractivity contribution is 0.0562. The largest absolute Gasteiger partial charge is 0.493 e. The van der Waals surface area contributed by atoms with Gasteiger partial charge < -0.3 is 26.7 Å². The summed E-state index contributed by atoms with van der Waals surface area (Å²) in [5, 5.41) is 4.72. The van der Waals surface area contributed by atoms with Gasteiger partial charge >= 0.3 is 6.09 Å². The van der Waals surface area contributed by atoms with Crippen LogP contribution in [0, 0.1) is 0 Å². The molecule has 0 bridgehead atoms. The number of benzene rings is 2. The highest BCUT2D eigenvalue weighted by molar-refractivity contribution is 6.31. The number of hydrogen-bond acceptors (Lipinski definition) is 10. The van der Waals surface area contributed by atoms with Gasteiger partial charge in [-0.25, -0.2) is 14.8 Å². The highest BCUT2D eigenvalue weighted by atomic mass is 35.5.